The number of carbonyl (C=O) groups is 4. The summed E-state index contributed by atoms with van der Waals surface area (Å²) in [4.78, 5) is 54.3. The molecule has 12 heteroatoms. The van der Waals surface area contributed by atoms with Crippen LogP contribution >= 0.6 is 35.0 Å². The molecule has 226 valence electrons. The predicted molar refractivity (Wildman–Crippen MR) is 173 cm³/mol. The number of ether oxygens (including phenoxy) is 2. The first-order valence-electron chi connectivity index (χ1n) is 13.6. The van der Waals surface area contributed by atoms with Gasteiger partial charge in [-0.2, -0.15) is 0 Å². The van der Waals surface area contributed by atoms with Gasteiger partial charge in [0.2, 0.25) is 18.6 Å². The molecule has 2 heterocycles. The van der Waals surface area contributed by atoms with E-state index in [2.05, 4.69) is 10.6 Å². The molecule has 6 rings (SSSR count). The van der Waals surface area contributed by atoms with Crippen LogP contribution in [0.25, 0.3) is 6.08 Å². The third-order valence-electron chi connectivity index (χ3n) is 6.87. The van der Waals surface area contributed by atoms with Gasteiger partial charge in [-0.15, -0.1) is 11.8 Å². The Labute approximate surface area is 272 Å². The summed E-state index contributed by atoms with van der Waals surface area (Å²) in [5.74, 6) is -0.651. The lowest BCUT2D eigenvalue weighted by atomic mass is 10.1. The molecule has 9 nitrogen and oxygen atoms in total. The lowest BCUT2D eigenvalue weighted by Crippen LogP contribution is -2.31. The Morgan fingerprint density at radius 2 is 1.67 bits per heavy atom. The highest BCUT2D eigenvalue weighted by Crippen LogP contribution is 2.37. The van der Waals surface area contributed by atoms with Gasteiger partial charge in [0.05, 0.1) is 21.0 Å². The normalized spacial score (nSPS) is 15.7. The maximum atomic E-state index is 13.5. The fraction of sp³-hybridized carbons (Fsp3) is 0.0909. The third-order valence-corrected chi connectivity index (χ3v) is 8.79. The molecule has 0 aromatic heterocycles. The van der Waals surface area contributed by atoms with Crippen LogP contribution < -0.4 is 25.0 Å². The molecule has 45 heavy (non-hydrogen) atoms. The van der Waals surface area contributed by atoms with E-state index in [-0.39, 0.29) is 35.7 Å². The quantitative estimate of drug-likeness (QED) is 0.163. The van der Waals surface area contributed by atoms with Crippen LogP contribution in [0.5, 0.6) is 11.5 Å². The van der Waals surface area contributed by atoms with Crippen LogP contribution in [0.15, 0.2) is 102 Å². The first-order chi connectivity index (χ1) is 21.7. The summed E-state index contributed by atoms with van der Waals surface area (Å²) >= 11 is 13.3. The number of carbonyl (C=O) groups excluding carboxylic acids is 4. The van der Waals surface area contributed by atoms with Gasteiger partial charge in [0.25, 0.3) is 11.8 Å². The van der Waals surface area contributed by atoms with Crippen LogP contribution in [0.1, 0.15) is 22.3 Å². The number of fused-ring (bicyclic) bond motifs is 1. The van der Waals surface area contributed by atoms with Crippen molar-refractivity contribution >= 4 is 76.0 Å². The lowest BCUT2D eigenvalue weighted by molar-refractivity contribution is -0.121. The number of rotatable bonds is 8. The zero-order valence-corrected chi connectivity index (χ0v) is 25.6. The average Bonchev–Trinajstić information content (AvgIpc) is 3.61. The molecule has 4 aromatic carbocycles. The van der Waals surface area contributed by atoms with Crippen LogP contribution in [0.2, 0.25) is 10.0 Å². The zero-order chi connectivity index (χ0) is 31.5. The fourth-order valence-corrected chi connectivity index (χ4v) is 6.12. The monoisotopic (exact) mass is 659 g/mol. The molecule has 2 aliphatic rings. The first-order valence-corrected chi connectivity index (χ1v) is 15.3. The number of nitrogens with zero attached hydrogens (tertiary/aromatic N) is 1. The number of amides is 4. The van der Waals surface area contributed by atoms with E-state index in [4.69, 9.17) is 32.7 Å². The van der Waals surface area contributed by atoms with Crippen molar-refractivity contribution in [3.05, 3.63) is 118 Å². The van der Waals surface area contributed by atoms with Crippen LogP contribution in [0.3, 0.4) is 0 Å². The summed E-state index contributed by atoms with van der Waals surface area (Å²) in [7, 11) is 0. The molecular weight excluding hydrogens is 637 g/mol. The number of nitrogens with one attached hydrogen (secondary N) is 2. The third kappa shape index (κ3) is 6.83. The Morgan fingerprint density at radius 1 is 0.867 bits per heavy atom. The second-order valence-corrected chi connectivity index (χ2v) is 12.0. The van der Waals surface area contributed by atoms with Gasteiger partial charge in [0, 0.05) is 22.6 Å². The molecule has 2 aliphatic heterocycles. The number of anilines is 2. The van der Waals surface area contributed by atoms with Crippen molar-refractivity contribution in [3.63, 3.8) is 0 Å². The molecule has 0 bridgehead atoms. The minimum Gasteiger partial charge on any atom is -0.454 e. The van der Waals surface area contributed by atoms with Crippen molar-refractivity contribution in [1.29, 1.82) is 0 Å². The topological polar surface area (TPSA) is 114 Å². The molecule has 0 saturated carbocycles. The Morgan fingerprint density at radius 3 is 2.47 bits per heavy atom. The average molecular weight is 661 g/mol. The van der Waals surface area contributed by atoms with E-state index in [1.54, 1.807) is 78.9 Å². The van der Waals surface area contributed by atoms with Gasteiger partial charge in [-0.3, -0.25) is 19.2 Å². The number of hydrogen-bond donors (Lipinski definition) is 2. The number of imide groups is 1. The van der Waals surface area contributed by atoms with E-state index in [0.29, 0.717) is 43.9 Å². The number of benzene rings is 4. The summed E-state index contributed by atoms with van der Waals surface area (Å²) in [6, 6.07) is 25.2. The number of thioether (sulfide) groups is 1. The van der Waals surface area contributed by atoms with Gasteiger partial charge < -0.3 is 20.1 Å². The first kappa shape index (κ1) is 30.3. The minimum absolute atomic E-state index is 0.00499. The highest BCUT2D eigenvalue weighted by atomic mass is 35.5. The summed E-state index contributed by atoms with van der Waals surface area (Å²) in [5.41, 5.74) is 1.76. The van der Waals surface area contributed by atoms with Crippen LogP contribution in [-0.4, -0.2) is 35.7 Å². The molecule has 4 aromatic rings. The smallest absolute Gasteiger partial charge is 0.272 e. The lowest BCUT2D eigenvalue weighted by Gasteiger charge is -2.16. The molecule has 0 spiro atoms. The van der Waals surface area contributed by atoms with Gasteiger partial charge in [0.15, 0.2) is 11.5 Å². The second kappa shape index (κ2) is 13.1. The molecule has 2 N–H and O–H groups in total. The second-order valence-electron chi connectivity index (χ2n) is 9.95. The maximum absolute atomic E-state index is 13.5. The Balaban J connectivity index is 1.20. The van der Waals surface area contributed by atoms with E-state index in [1.807, 2.05) is 0 Å². The maximum Gasteiger partial charge on any atom is 0.272 e. The largest absolute Gasteiger partial charge is 0.454 e. The van der Waals surface area contributed by atoms with Crippen LogP contribution in [0.4, 0.5) is 11.4 Å². The SMILES string of the molecule is O=C(Nc1cccc(SC2CC(=O)N(c3ccc(Cl)c(Cl)c3)C2=O)c1)C(=Cc1ccc2c(c1)OCO2)NC(=O)c1ccccc1. The van der Waals surface area contributed by atoms with Crippen molar-refractivity contribution in [2.24, 2.45) is 0 Å². The van der Waals surface area contributed by atoms with Crippen molar-refractivity contribution < 1.29 is 28.7 Å². The zero-order valence-electron chi connectivity index (χ0n) is 23.3. The molecule has 1 fully saturated rings. The van der Waals surface area contributed by atoms with Crippen molar-refractivity contribution in [2.45, 2.75) is 16.6 Å². The molecule has 1 saturated heterocycles. The highest BCUT2D eigenvalue weighted by molar-refractivity contribution is 8.00. The van der Waals surface area contributed by atoms with E-state index in [1.165, 1.54) is 30.0 Å². The summed E-state index contributed by atoms with van der Waals surface area (Å²) < 4.78 is 10.8. The molecular formula is C33H23Cl2N3O6S. The summed E-state index contributed by atoms with van der Waals surface area (Å²) in [5, 5.41) is 5.41. The van der Waals surface area contributed by atoms with Crippen molar-refractivity contribution in [1.82, 2.24) is 5.32 Å². The van der Waals surface area contributed by atoms with Gasteiger partial charge in [-0.05, 0) is 72.3 Å². The van der Waals surface area contributed by atoms with E-state index >= 15 is 0 Å². The summed E-state index contributed by atoms with van der Waals surface area (Å²) in [6.07, 6.45) is 1.53. The number of halogens is 2. The van der Waals surface area contributed by atoms with Gasteiger partial charge >= 0.3 is 0 Å². The Kier molecular flexibility index (Phi) is 8.79. The predicted octanol–water partition coefficient (Wildman–Crippen LogP) is 6.56. The molecule has 0 radical (unpaired) electrons. The van der Waals surface area contributed by atoms with E-state index in [0.717, 1.165) is 4.90 Å². The van der Waals surface area contributed by atoms with E-state index < -0.39 is 17.1 Å². The molecule has 0 aliphatic carbocycles. The number of hydrogen-bond acceptors (Lipinski definition) is 7. The van der Waals surface area contributed by atoms with Crippen LogP contribution in [0, 0.1) is 0 Å². The summed E-state index contributed by atoms with van der Waals surface area (Å²) in [6.45, 7) is 0.100. The van der Waals surface area contributed by atoms with Gasteiger partial charge in [0.1, 0.15) is 5.70 Å². The van der Waals surface area contributed by atoms with Crippen molar-refractivity contribution in [3.8, 4) is 11.5 Å². The highest BCUT2D eigenvalue weighted by Gasteiger charge is 2.40. The molecule has 1 atom stereocenters. The molecule has 1 unspecified atom stereocenters. The Bertz CT molecular complexity index is 1870. The van der Waals surface area contributed by atoms with Gasteiger partial charge in [-0.25, -0.2) is 4.90 Å². The minimum atomic E-state index is -0.676. The van der Waals surface area contributed by atoms with Crippen LogP contribution in [-0.2, 0) is 14.4 Å². The molecule has 4 amide bonds. The Hall–Kier alpha value is -4.77. The van der Waals surface area contributed by atoms with Gasteiger partial charge in [-0.1, -0.05) is 53.5 Å². The standard InChI is InChI=1S/C33H23Cl2N3O6S/c34-24-11-10-22(16-25(24)35)38-30(39)17-29(33(38)42)45-23-8-4-7-21(15-23)36-32(41)26(37-31(40)20-5-2-1-3-6-20)13-19-9-12-27-28(14-19)44-18-43-27/h1-16,29H,17-18H2,(H,36,41)(H,37,40). The fourth-order valence-electron chi connectivity index (χ4n) is 4.71. The van der Waals surface area contributed by atoms with Crippen molar-refractivity contribution in [2.75, 3.05) is 17.0 Å². The van der Waals surface area contributed by atoms with E-state index in [9.17, 15) is 19.2 Å².